The predicted molar refractivity (Wildman–Crippen MR) is 110 cm³/mol. The predicted octanol–water partition coefficient (Wildman–Crippen LogP) is 3.43. The Balaban J connectivity index is 1.61. The molecule has 0 radical (unpaired) electrons. The van der Waals surface area contributed by atoms with Crippen LogP contribution < -0.4 is 4.74 Å². The monoisotopic (exact) mass is 400 g/mol. The number of rotatable bonds is 3. The molecule has 2 aromatic rings. The normalized spacial score (nSPS) is 25.1. The minimum Gasteiger partial charge on any atom is -0.487 e. The summed E-state index contributed by atoms with van der Waals surface area (Å²) in [5.41, 5.74) is 2.62. The molecule has 150 valence electrons. The Hall–Kier alpha value is -1.89. The highest BCUT2D eigenvalue weighted by Gasteiger charge is 2.42. The summed E-state index contributed by atoms with van der Waals surface area (Å²) < 4.78 is 34.5. The molecule has 0 amide bonds. The fraction of sp³-hybridized carbons (Fsp3) is 0.455. The fourth-order valence-electron chi connectivity index (χ4n) is 4.40. The van der Waals surface area contributed by atoms with Crippen molar-refractivity contribution in [3.05, 3.63) is 59.7 Å². The van der Waals surface area contributed by atoms with Crippen molar-refractivity contribution in [2.45, 2.75) is 50.3 Å². The van der Waals surface area contributed by atoms with E-state index >= 15 is 0 Å². The van der Waals surface area contributed by atoms with E-state index in [2.05, 4.69) is 36.1 Å². The quantitative estimate of drug-likeness (QED) is 0.792. The average molecular weight is 401 g/mol. The van der Waals surface area contributed by atoms with Crippen LogP contribution in [0.4, 0.5) is 0 Å². The zero-order valence-electron chi connectivity index (χ0n) is 16.5. The lowest BCUT2D eigenvalue weighted by atomic mass is 10.1. The third kappa shape index (κ3) is 3.56. The third-order valence-corrected chi connectivity index (χ3v) is 7.99. The Kier molecular flexibility index (Phi) is 5.45. The maximum absolute atomic E-state index is 13.3. The summed E-state index contributed by atoms with van der Waals surface area (Å²) >= 11 is 0. The molecule has 0 spiro atoms. The minimum atomic E-state index is -3.55. The van der Waals surface area contributed by atoms with Crippen molar-refractivity contribution in [1.82, 2.24) is 9.21 Å². The molecule has 0 bridgehead atoms. The van der Waals surface area contributed by atoms with Gasteiger partial charge in [-0.1, -0.05) is 43.3 Å². The highest BCUT2D eigenvalue weighted by Crippen LogP contribution is 2.36. The van der Waals surface area contributed by atoms with Gasteiger partial charge in [-0.3, -0.25) is 4.90 Å². The molecular weight excluding hydrogens is 372 g/mol. The van der Waals surface area contributed by atoms with Crippen LogP contribution >= 0.6 is 0 Å². The van der Waals surface area contributed by atoms with Gasteiger partial charge < -0.3 is 4.74 Å². The smallest absolute Gasteiger partial charge is 0.247 e. The summed E-state index contributed by atoms with van der Waals surface area (Å²) in [7, 11) is -3.55. The highest BCUT2D eigenvalue weighted by molar-refractivity contribution is 7.89. The van der Waals surface area contributed by atoms with E-state index in [-0.39, 0.29) is 12.1 Å². The molecule has 0 aromatic heterocycles. The van der Waals surface area contributed by atoms with Crippen molar-refractivity contribution in [1.29, 1.82) is 0 Å². The summed E-state index contributed by atoms with van der Waals surface area (Å²) in [6, 6.07) is 15.4. The molecule has 2 aliphatic heterocycles. The largest absolute Gasteiger partial charge is 0.487 e. The number of para-hydroxylation sites is 1. The number of ether oxygens (including phenoxy) is 1. The summed E-state index contributed by atoms with van der Waals surface area (Å²) in [4.78, 5) is 2.72. The van der Waals surface area contributed by atoms with Gasteiger partial charge in [0.05, 0.1) is 6.04 Å². The van der Waals surface area contributed by atoms with Crippen LogP contribution in [0.15, 0.2) is 53.4 Å². The number of likely N-dealkylation sites (tertiary alicyclic amines) is 1. The van der Waals surface area contributed by atoms with Crippen LogP contribution in [0.1, 0.15) is 30.9 Å². The molecule has 1 saturated heterocycles. The SMILES string of the molecule is CCN1[C@@H]2CCN(Cc3ccccc3C)CC[C@H]2Oc2ccccc2S1(=O)=O. The van der Waals surface area contributed by atoms with E-state index in [0.717, 1.165) is 32.5 Å². The Morgan fingerprint density at radius 2 is 1.75 bits per heavy atom. The van der Waals surface area contributed by atoms with Gasteiger partial charge >= 0.3 is 0 Å². The molecule has 6 heteroatoms. The molecule has 1 fully saturated rings. The molecule has 4 rings (SSSR count). The number of benzene rings is 2. The standard InChI is InChI=1S/C22H28N2O3S/c1-3-24-19-12-14-23(16-18-9-5-4-8-17(18)2)15-13-20(19)27-21-10-6-7-11-22(21)28(24,25)26/h4-11,19-20H,3,12-16H2,1-2H3/t19-,20-/m1/s1. The molecule has 2 aliphatic rings. The van der Waals surface area contributed by atoms with E-state index in [1.807, 2.05) is 13.0 Å². The molecule has 28 heavy (non-hydrogen) atoms. The van der Waals surface area contributed by atoms with Gasteiger partial charge in [0.25, 0.3) is 0 Å². The number of aryl methyl sites for hydroxylation is 1. The third-order valence-electron chi connectivity index (χ3n) is 5.95. The number of nitrogens with zero attached hydrogens (tertiary/aromatic N) is 2. The number of hydrogen-bond acceptors (Lipinski definition) is 4. The van der Waals surface area contributed by atoms with E-state index in [1.54, 1.807) is 22.5 Å². The van der Waals surface area contributed by atoms with Gasteiger partial charge in [0.2, 0.25) is 10.0 Å². The van der Waals surface area contributed by atoms with Gasteiger partial charge in [0.15, 0.2) is 0 Å². The molecule has 0 N–H and O–H groups in total. The average Bonchev–Trinajstić information content (AvgIpc) is 2.92. The summed E-state index contributed by atoms with van der Waals surface area (Å²) in [6.45, 7) is 7.16. The van der Waals surface area contributed by atoms with Crippen LogP contribution in [0.3, 0.4) is 0 Å². The van der Waals surface area contributed by atoms with Crippen molar-refractivity contribution in [3.8, 4) is 5.75 Å². The zero-order chi connectivity index (χ0) is 19.7. The van der Waals surface area contributed by atoms with Crippen LogP contribution in [0.5, 0.6) is 5.75 Å². The topological polar surface area (TPSA) is 49.9 Å². The molecular formula is C22H28N2O3S. The van der Waals surface area contributed by atoms with Crippen molar-refractivity contribution in [2.24, 2.45) is 0 Å². The summed E-state index contributed by atoms with van der Waals surface area (Å²) in [5.74, 6) is 0.487. The van der Waals surface area contributed by atoms with Crippen LogP contribution in [0.2, 0.25) is 0 Å². The molecule has 2 aromatic carbocycles. The van der Waals surface area contributed by atoms with Gasteiger partial charge in [-0.25, -0.2) is 8.42 Å². The van der Waals surface area contributed by atoms with Crippen LogP contribution in [-0.2, 0) is 16.6 Å². The van der Waals surface area contributed by atoms with Gasteiger partial charge in [-0.2, -0.15) is 4.31 Å². The van der Waals surface area contributed by atoms with Gasteiger partial charge in [0, 0.05) is 26.2 Å². The number of fused-ring (bicyclic) bond motifs is 2. The minimum absolute atomic E-state index is 0.125. The number of sulfonamides is 1. The van der Waals surface area contributed by atoms with Crippen LogP contribution in [0, 0.1) is 6.92 Å². The van der Waals surface area contributed by atoms with Crippen LogP contribution in [-0.4, -0.2) is 49.4 Å². The Bertz CT molecular complexity index is 944. The van der Waals surface area contributed by atoms with Crippen molar-refractivity contribution >= 4 is 10.0 Å². The van der Waals surface area contributed by atoms with Gasteiger partial charge in [0.1, 0.15) is 16.7 Å². The molecule has 2 atom stereocenters. The maximum atomic E-state index is 13.3. The Morgan fingerprint density at radius 1 is 1.04 bits per heavy atom. The number of hydrogen-bond donors (Lipinski definition) is 0. The van der Waals surface area contributed by atoms with E-state index in [0.29, 0.717) is 17.2 Å². The van der Waals surface area contributed by atoms with E-state index in [9.17, 15) is 8.42 Å². The molecule has 0 aliphatic carbocycles. The Morgan fingerprint density at radius 3 is 2.54 bits per heavy atom. The van der Waals surface area contributed by atoms with E-state index < -0.39 is 10.0 Å². The first-order valence-electron chi connectivity index (χ1n) is 10.0. The summed E-state index contributed by atoms with van der Waals surface area (Å²) in [5, 5.41) is 0. The maximum Gasteiger partial charge on any atom is 0.247 e. The van der Waals surface area contributed by atoms with Crippen molar-refractivity contribution in [2.75, 3.05) is 19.6 Å². The number of likely N-dealkylation sites (N-methyl/N-ethyl adjacent to an activating group) is 1. The van der Waals surface area contributed by atoms with Crippen molar-refractivity contribution < 1.29 is 13.2 Å². The second-order valence-electron chi connectivity index (χ2n) is 7.66. The molecule has 2 heterocycles. The first-order chi connectivity index (χ1) is 13.5. The molecule has 5 nitrogen and oxygen atoms in total. The zero-order valence-corrected chi connectivity index (χ0v) is 17.4. The first kappa shape index (κ1) is 19.4. The highest BCUT2D eigenvalue weighted by atomic mass is 32.2. The van der Waals surface area contributed by atoms with Gasteiger partial charge in [-0.05, 0) is 43.0 Å². The summed E-state index contributed by atoms with van der Waals surface area (Å²) in [6.07, 6.45) is 1.47. The van der Waals surface area contributed by atoms with Crippen LogP contribution in [0.25, 0.3) is 0 Å². The van der Waals surface area contributed by atoms with E-state index in [4.69, 9.17) is 4.74 Å². The van der Waals surface area contributed by atoms with Crippen molar-refractivity contribution in [3.63, 3.8) is 0 Å². The lowest BCUT2D eigenvalue weighted by molar-refractivity contribution is 0.115. The van der Waals surface area contributed by atoms with Gasteiger partial charge in [-0.15, -0.1) is 0 Å². The van der Waals surface area contributed by atoms with E-state index in [1.165, 1.54) is 11.1 Å². The first-order valence-corrected chi connectivity index (χ1v) is 11.5. The lowest BCUT2D eigenvalue weighted by Gasteiger charge is -2.30. The molecule has 0 unspecified atom stereocenters. The lowest BCUT2D eigenvalue weighted by Crippen LogP contribution is -2.46. The second-order valence-corrected chi connectivity index (χ2v) is 9.52. The second kappa shape index (κ2) is 7.85. The fourth-order valence-corrected chi connectivity index (χ4v) is 6.21. The Labute approximate surface area is 168 Å². The molecule has 0 saturated carbocycles.